The fraction of sp³-hybridized carbons (Fsp3) is 0.333. The highest BCUT2D eigenvalue weighted by molar-refractivity contribution is 9.11. The lowest BCUT2D eigenvalue weighted by Gasteiger charge is -2.18. The van der Waals surface area contributed by atoms with E-state index in [1.807, 2.05) is 0 Å². The Labute approximate surface area is 142 Å². The van der Waals surface area contributed by atoms with Gasteiger partial charge in [-0.15, -0.1) is 0 Å². The first-order valence-corrected chi connectivity index (χ1v) is 7.88. The molecule has 0 aliphatic rings. The van der Waals surface area contributed by atoms with Gasteiger partial charge in [0.25, 0.3) is 0 Å². The normalized spacial score (nSPS) is 11.7. The van der Waals surface area contributed by atoms with Crippen molar-refractivity contribution >= 4 is 60.1 Å². The van der Waals surface area contributed by atoms with Crippen molar-refractivity contribution in [2.24, 2.45) is 5.10 Å². The van der Waals surface area contributed by atoms with Crippen LogP contribution in [0.4, 0.5) is 4.79 Å². The van der Waals surface area contributed by atoms with E-state index in [1.54, 1.807) is 26.8 Å². The third-order valence-electron chi connectivity index (χ3n) is 1.93. The van der Waals surface area contributed by atoms with Crippen molar-refractivity contribution in [2.45, 2.75) is 26.4 Å². The van der Waals surface area contributed by atoms with Crippen LogP contribution < -0.4 is 5.43 Å². The lowest BCUT2D eigenvalue weighted by Crippen LogP contribution is -2.29. The van der Waals surface area contributed by atoms with Gasteiger partial charge < -0.3 is 9.84 Å². The van der Waals surface area contributed by atoms with Gasteiger partial charge in [-0.3, -0.25) is 0 Å². The maximum absolute atomic E-state index is 11.4. The van der Waals surface area contributed by atoms with Gasteiger partial charge in [0.05, 0.1) is 15.2 Å². The Bertz CT molecular complexity index is 554. The molecule has 0 aliphatic carbocycles. The number of ether oxygens (including phenoxy) is 1. The first-order valence-electron chi connectivity index (χ1n) is 5.50. The van der Waals surface area contributed by atoms with Crippen LogP contribution in [-0.2, 0) is 4.74 Å². The van der Waals surface area contributed by atoms with Crippen molar-refractivity contribution in [3.05, 3.63) is 25.0 Å². The molecule has 0 saturated carbocycles. The maximum atomic E-state index is 11.4. The lowest BCUT2D eigenvalue weighted by atomic mass is 10.2. The fourth-order valence-corrected chi connectivity index (χ4v) is 3.49. The molecule has 0 aliphatic heterocycles. The first kappa shape index (κ1) is 17.5. The van der Waals surface area contributed by atoms with Crippen LogP contribution >= 0.6 is 47.8 Å². The molecule has 0 aromatic heterocycles. The van der Waals surface area contributed by atoms with E-state index in [0.717, 1.165) is 0 Å². The summed E-state index contributed by atoms with van der Waals surface area (Å²) in [6.07, 6.45) is 0.742. The van der Waals surface area contributed by atoms with Crippen molar-refractivity contribution in [3.8, 4) is 5.75 Å². The van der Waals surface area contributed by atoms with Crippen LogP contribution in [0.1, 0.15) is 26.3 Å². The Hall–Kier alpha value is -0.600. The minimum absolute atomic E-state index is 0.0481. The van der Waals surface area contributed by atoms with E-state index < -0.39 is 11.7 Å². The molecular formula is C12H13Br3N2O3. The Kier molecular flexibility index (Phi) is 6.03. The molecule has 20 heavy (non-hydrogen) atoms. The van der Waals surface area contributed by atoms with Crippen LogP contribution in [0.2, 0.25) is 0 Å². The molecule has 0 atom stereocenters. The summed E-state index contributed by atoms with van der Waals surface area (Å²) in [4.78, 5) is 11.4. The molecule has 0 radical (unpaired) electrons. The number of amides is 1. The summed E-state index contributed by atoms with van der Waals surface area (Å²) in [5.41, 5.74) is 2.25. The number of nitrogens with one attached hydrogen (secondary N) is 1. The van der Waals surface area contributed by atoms with Crippen molar-refractivity contribution in [1.82, 2.24) is 5.43 Å². The van der Waals surface area contributed by atoms with Crippen LogP contribution in [-0.4, -0.2) is 23.0 Å². The van der Waals surface area contributed by atoms with Crippen molar-refractivity contribution in [3.63, 3.8) is 0 Å². The number of phenols is 1. The summed E-state index contributed by atoms with van der Waals surface area (Å²) >= 11 is 9.81. The number of phenolic OH excluding ortho intramolecular Hbond substituents is 1. The van der Waals surface area contributed by atoms with Crippen LogP contribution in [0.25, 0.3) is 0 Å². The van der Waals surface area contributed by atoms with Gasteiger partial charge in [-0.2, -0.15) is 5.10 Å². The van der Waals surface area contributed by atoms with Gasteiger partial charge in [0, 0.05) is 10.0 Å². The molecule has 1 aromatic carbocycles. The number of halogens is 3. The summed E-state index contributed by atoms with van der Waals surface area (Å²) in [5, 5.41) is 13.6. The first-order chi connectivity index (χ1) is 9.11. The highest BCUT2D eigenvalue weighted by Gasteiger charge is 2.16. The molecule has 0 unspecified atom stereocenters. The van der Waals surface area contributed by atoms with E-state index in [0.29, 0.717) is 19.0 Å². The number of rotatable bonds is 2. The Balaban J connectivity index is 2.82. The number of aromatic hydroxyl groups is 1. The molecule has 1 amide bonds. The number of carbonyl (C=O) groups is 1. The van der Waals surface area contributed by atoms with E-state index >= 15 is 0 Å². The average molecular weight is 473 g/mol. The van der Waals surface area contributed by atoms with E-state index in [4.69, 9.17) is 4.74 Å². The second-order valence-electron chi connectivity index (χ2n) is 4.79. The molecule has 5 nitrogen and oxygen atoms in total. The zero-order chi connectivity index (χ0) is 15.5. The van der Waals surface area contributed by atoms with Gasteiger partial charge in [0.2, 0.25) is 0 Å². The Morgan fingerprint density at radius 2 is 1.95 bits per heavy atom. The molecule has 8 heteroatoms. The Morgan fingerprint density at radius 3 is 2.50 bits per heavy atom. The SMILES string of the molecule is CC(C)(C)OC(=O)NN=Cc1c(Br)cc(Br)c(O)c1Br. The molecular weight excluding hydrogens is 460 g/mol. The highest BCUT2D eigenvalue weighted by Crippen LogP contribution is 2.38. The molecule has 0 saturated heterocycles. The van der Waals surface area contributed by atoms with Gasteiger partial charge in [0.15, 0.2) is 0 Å². The lowest BCUT2D eigenvalue weighted by molar-refractivity contribution is 0.0529. The molecule has 0 bridgehead atoms. The van der Waals surface area contributed by atoms with E-state index in [-0.39, 0.29) is 5.75 Å². The summed E-state index contributed by atoms with van der Waals surface area (Å²) < 4.78 is 6.72. The fourth-order valence-electron chi connectivity index (χ4n) is 1.16. The van der Waals surface area contributed by atoms with Crippen molar-refractivity contribution < 1.29 is 14.6 Å². The summed E-state index contributed by atoms with van der Waals surface area (Å²) in [6.45, 7) is 5.28. The second kappa shape index (κ2) is 6.91. The zero-order valence-electron chi connectivity index (χ0n) is 11.0. The van der Waals surface area contributed by atoms with Crippen LogP contribution in [0, 0.1) is 0 Å². The topological polar surface area (TPSA) is 70.9 Å². The number of hydrogen-bond acceptors (Lipinski definition) is 4. The largest absolute Gasteiger partial charge is 0.506 e. The summed E-state index contributed by atoms with van der Waals surface area (Å²) in [6, 6.07) is 1.68. The third kappa shape index (κ3) is 5.06. The number of hydrogen-bond donors (Lipinski definition) is 2. The van der Waals surface area contributed by atoms with Gasteiger partial charge in [0.1, 0.15) is 11.4 Å². The molecule has 0 heterocycles. The zero-order valence-corrected chi connectivity index (χ0v) is 15.8. The number of carbonyl (C=O) groups excluding carboxylic acids is 1. The summed E-state index contributed by atoms with van der Waals surface area (Å²) in [5.74, 6) is 0.0481. The third-order valence-corrected chi connectivity index (χ3v) is 3.99. The predicted molar refractivity (Wildman–Crippen MR) is 88.2 cm³/mol. The van der Waals surface area contributed by atoms with Crippen LogP contribution in [0.3, 0.4) is 0 Å². The Morgan fingerprint density at radius 1 is 1.35 bits per heavy atom. The van der Waals surface area contributed by atoms with Gasteiger partial charge in [-0.05, 0) is 58.7 Å². The van der Waals surface area contributed by atoms with Gasteiger partial charge in [-0.1, -0.05) is 15.9 Å². The van der Waals surface area contributed by atoms with E-state index in [2.05, 4.69) is 58.3 Å². The quantitative estimate of drug-likeness (QED) is 0.490. The molecule has 1 aromatic rings. The van der Waals surface area contributed by atoms with E-state index in [1.165, 1.54) is 6.21 Å². The number of nitrogens with zero attached hydrogens (tertiary/aromatic N) is 1. The highest BCUT2D eigenvalue weighted by atomic mass is 79.9. The number of benzene rings is 1. The monoisotopic (exact) mass is 470 g/mol. The van der Waals surface area contributed by atoms with E-state index in [9.17, 15) is 9.90 Å². The molecule has 0 spiro atoms. The molecule has 1 rings (SSSR count). The van der Waals surface area contributed by atoms with Crippen LogP contribution in [0.5, 0.6) is 5.75 Å². The maximum Gasteiger partial charge on any atom is 0.428 e. The minimum atomic E-state index is -0.651. The summed E-state index contributed by atoms with van der Waals surface area (Å²) in [7, 11) is 0. The van der Waals surface area contributed by atoms with Crippen molar-refractivity contribution in [2.75, 3.05) is 0 Å². The second-order valence-corrected chi connectivity index (χ2v) is 7.29. The standard InChI is InChI=1S/C12H13Br3N2O3/c1-12(2,3)20-11(19)17-16-5-6-7(13)4-8(14)10(18)9(6)15/h4-5,18H,1-3H3,(H,17,19). The molecule has 0 fully saturated rings. The molecule has 2 N–H and O–H groups in total. The van der Waals surface area contributed by atoms with Crippen LogP contribution in [0.15, 0.2) is 24.6 Å². The molecule has 110 valence electrons. The van der Waals surface area contributed by atoms with Gasteiger partial charge >= 0.3 is 6.09 Å². The van der Waals surface area contributed by atoms with Gasteiger partial charge in [-0.25, -0.2) is 10.2 Å². The van der Waals surface area contributed by atoms with Crippen molar-refractivity contribution in [1.29, 1.82) is 0 Å². The average Bonchev–Trinajstić information content (AvgIpc) is 2.28. The number of hydrazone groups is 1. The smallest absolute Gasteiger partial charge is 0.428 e. The predicted octanol–water partition coefficient (Wildman–Crippen LogP) is 4.54. The minimum Gasteiger partial charge on any atom is -0.506 e.